The van der Waals surface area contributed by atoms with Crippen molar-refractivity contribution in [2.24, 2.45) is 16.6 Å². The molecule has 0 saturated heterocycles. The van der Waals surface area contributed by atoms with E-state index in [1.54, 1.807) is 0 Å². The Morgan fingerprint density at radius 1 is 1.35 bits per heavy atom. The molecule has 4 nitrogen and oxygen atoms in total. The van der Waals surface area contributed by atoms with Gasteiger partial charge in [0.25, 0.3) is 0 Å². The van der Waals surface area contributed by atoms with Crippen molar-refractivity contribution in [1.82, 2.24) is 5.32 Å². The summed E-state index contributed by atoms with van der Waals surface area (Å²) in [6.45, 7) is 4.44. The van der Waals surface area contributed by atoms with Gasteiger partial charge in [0, 0.05) is 12.6 Å². The van der Waals surface area contributed by atoms with E-state index < -0.39 is 0 Å². The summed E-state index contributed by atoms with van der Waals surface area (Å²) in [5, 5.41) is 12.2. The van der Waals surface area contributed by atoms with E-state index in [0.717, 1.165) is 19.3 Å². The number of nitrogens with two attached hydrogens (primary N) is 1. The molecule has 0 spiro atoms. The van der Waals surface area contributed by atoms with Crippen molar-refractivity contribution in [3.8, 4) is 0 Å². The van der Waals surface area contributed by atoms with Gasteiger partial charge in [-0.05, 0) is 25.2 Å². The largest absolute Gasteiger partial charge is 0.396 e. The van der Waals surface area contributed by atoms with Crippen LogP contribution in [0.3, 0.4) is 0 Å². The predicted octanol–water partition coefficient (Wildman–Crippen LogP) is 1.63. The highest BCUT2D eigenvalue weighted by Gasteiger charge is 2.15. The van der Waals surface area contributed by atoms with Crippen LogP contribution in [0.25, 0.3) is 0 Å². The molecule has 0 aliphatic heterocycles. The molecule has 17 heavy (non-hydrogen) atoms. The van der Waals surface area contributed by atoms with Gasteiger partial charge in [-0.3, -0.25) is 4.99 Å². The van der Waals surface area contributed by atoms with Crippen LogP contribution in [-0.4, -0.2) is 29.8 Å². The minimum atomic E-state index is 0.187. The van der Waals surface area contributed by atoms with Crippen LogP contribution in [0.2, 0.25) is 0 Å². The average Bonchev–Trinajstić information content (AvgIpc) is 2.29. The van der Waals surface area contributed by atoms with Gasteiger partial charge in [-0.25, -0.2) is 0 Å². The van der Waals surface area contributed by atoms with Crippen LogP contribution in [-0.2, 0) is 0 Å². The Hall–Kier alpha value is -0.770. The van der Waals surface area contributed by atoms with Gasteiger partial charge in [0.1, 0.15) is 0 Å². The van der Waals surface area contributed by atoms with Crippen molar-refractivity contribution < 1.29 is 5.11 Å². The highest BCUT2D eigenvalue weighted by molar-refractivity contribution is 5.78. The van der Waals surface area contributed by atoms with Gasteiger partial charge < -0.3 is 16.2 Å². The first kappa shape index (κ1) is 14.3. The molecule has 1 aliphatic carbocycles. The first-order valence-electron chi connectivity index (χ1n) is 6.84. The van der Waals surface area contributed by atoms with Crippen molar-refractivity contribution in [2.75, 3.05) is 6.61 Å². The third-order valence-corrected chi connectivity index (χ3v) is 3.47. The lowest BCUT2D eigenvalue weighted by atomic mass is 9.96. The van der Waals surface area contributed by atoms with Gasteiger partial charge in [-0.2, -0.15) is 0 Å². The smallest absolute Gasteiger partial charge is 0.189 e. The van der Waals surface area contributed by atoms with E-state index in [4.69, 9.17) is 10.8 Å². The lowest BCUT2D eigenvalue weighted by molar-refractivity contribution is 0.254. The molecule has 0 aromatic rings. The highest BCUT2D eigenvalue weighted by Crippen LogP contribution is 2.20. The standard InChI is InChI=1S/C13H27N3O/c1-10(2)12(8-9-17)16-13(14)15-11-6-4-3-5-7-11/h10-12,17H,3-9H2,1-2H3,(H3,14,15,16). The monoisotopic (exact) mass is 241 g/mol. The molecule has 1 fully saturated rings. The van der Waals surface area contributed by atoms with Crippen LogP contribution >= 0.6 is 0 Å². The molecule has 1 rings (SSSR count). The van der Waals surface area contributed by atoms with Gasteiger partial charge in [0.15, 0.2) is 5.96 Å². The minimum Gasteiger partial charge on any atom is -0.396 e. The van der Waals surface area contributed by atoms with Gasteiger partial charge in [0.05, 0.1) is 6.04 Å². The number of rotatable bonds is 5. The van der Waals surface area contributed by atoms with Crippen molar-refractivity contribution in [2.45, 2.75) is 64.5 Å². The lowest BCUT2D eigenvalue weighted by Gasteiger charge is -2.24. The van der Waals surface area contributed by atoms with E-state index in [9.17, 15) is 0 Å². The van der Waals surface area contributed by atoms with E-state index in [-0.39, 0.29) is 12.6 Å². The number of aliphatic imine (C=N–C) groups is 1. The Labute approximate surface area is 105 Å². The predicted molar refractivity (Wildman–Crippen MR) is 72.0 cm³/mol. The van der Waals surface area contributed by atoms with Crippen LogP contribution < -0.4 is 11.1 Å². The van der Waals surface area contributed by atoms with Crippen LogP contribution in [0, 0.1) is 5.92 Å². The average molecular weight is 241 g/mol. The lowest BCUT2D eigenvalue weighted by Crippen LogP contribution is -2.44. The molecule has 1 saturated carbocycles. The fraction of sp³-hybridized carbons (Fsp3) is 0.923. The van der Waals surface area contributed by atoms with Crippen LogP contribution in [0.4, 0.5) is 0 Å². The van der Waals surface area contributed by atoms with Gasteiger partial charge >= 0.3 is 0 Å². The normalized spacial score (nSPS) is 20.6. The summed E-state index contributed by atoms with van der Waals surface area (Å²) in [4.78, 5) is 4.54. The van der Waals surface area contributed by atoms with Crippen LogP contribution in [0.1, 0.15) is 52.4 Å². The van der Waals surface area contributed by atoms with Gasteiger partial charge in [0.2, 0.25) is 0 Å². The SMILES string of the molecule is CC(C)C(CCO)NC(N)=NC1CCCCC1. The van der Waals surface area contributed by atoms with Gasteiger partial charge in [-0.15, -0.1) is 0 Å². The first-order chi connectivity index (χ1) is 8.13. The molecule has 1 aliphatic rings. The number of guanidine groups is 1. The number of nitrogens with zero attached hydrogens (tertiary/aromatic N) is 1. The molecule has 4 heteroatoms. The molecule has 0 aromatic heterocycles. The number of nitrogens with one attached hydrogen (secondary N) is 1. The summed E-state index contributed by atoms with van der Waals surface area (Å²) in [7, 11) is 0. The van der Waals surface area contributed by atoms with Crippen LogP contribution in [0.15, 0.2) is 4.99 Å². The molecule has 0 bridgehead atoms. The molecule has 1 unspecified atom stereocenters. The van der Waals surface area contributed by atoms with Gasteiger partial charge in [-0.1, -0.05) is 33.1 Å². The second-order valence-electron chi connectivity index (χ2n) is 5.31. The summed E-state index contributed by atoms with van der Waals surface area (Å²) in [6, 6.07) is 0.616. The Bertz CT molecular complexity index is 235. The maximum absolute atomic E-state index is 9.00. The molecule has 4 N–H and O–H groups in total. The summed E-state index contributed by atoms with van der Waals surface area (Å²) in [5.74, 6) is 0.992. The summed E-state index contributed by atoms with van der Waals surface area (Å²) in [6.07, 6.45) is 6.91. The number of hydrogen-bond donors (Lipinski definition) is 3. The molecular weight excluding hydrogens is 214 g/mol. The van der Waals surface area contributed by atoms with E-state index in [1.807, 2.05) is 0 Å². The summed E-state index contributed by atoms with van der Waals surface area (Å²) < 4.78 is 0. The number of aliphatic hydroxyl groups excluding tert-OH is 1. The molecule has 0 radical (unpaired) electrons. The van der Waals surface area contributed by atoms with Crippen molar-refractivity contribution in [3.05, 3.63) is 0 Å². The van der Waals surface area contributed by atoms with Crippen molar-refractivity contribution >= 4 is 5.96 Å². The zero-order valence-electron chi connectivity index (χ0n) is 11.2. The second kappa shape index (κ2) is 7.54. The number of hydrogen-bond acceptors (Lipinski definition) is 2. The Kier molecular flexibility index (Phi) is 6.34. The fourth-order valence-electron chi connectivity index (χ4n) is 2.35. The van der Waals surface area contributed by atoms with E-state index in [0.29, 0.717) is 17.9 Å². The fourth-order valence-corrected chi connectivity index (χ4v) is 2.35. The molecular formula is C13H27N3O. The Morgan fingerprint density at radius 2 is 2.00 bits per heavy atom. The molecule has 1 atom stereocenters. The topological polar surface area (TPSA) is 70.6 Å². The Balaban J connectivity index is 2.44. The summed E-state index contributed by atoms with van der Waals surface area (Å²) >= 11 is 0. The minimum absolute atomic E-state index is 0.187. The molecule has 100 valence electrons. The zero-order valence-corrected chi connectivity index (χ0v) is 11.2. The second-order valence-corrected chi connectivity index (χ2v) is 5.31. The zero-order chi connectivity index (χ0) is 12.7. The number of aliphatic hydroxyl groups is 1. The maximum atomic E-state index is 9.00. The van der Waals surface area contributed by atoms with E-state index >= 15 is 0 Å². The third-order valence-electron chi connectivity index (χ3n) is 3.47. The maximum Gasteiger partial charge on any atom is 0.189 e. The molecule has 0 amide bonds. The summed E-state index contributed by atoms with van der Waals surface area (Å²) in [5.41, 5.74) is 5.93. The van der Waals surface area contributed by atoms with Crippen LogP contribution in [0.5, 0.6) is 0 Å². The van der Waals surface area contributed by atoms with E-state index in [1.165, 1.54) is 19.3 Å². The molecule has 0 heterocycles. The van der Waals surface area contributed by atoms with E-state index in [2.05, 4.69) is 24.2 Å². The quantitative estimate of drug-likeness (QED) is 0.506. The van der Waals surface area contributed by atoms with Crippen molar-refractivity contribution in [3.63, 3.8) is 0 Å². The first-order valence-corrected chi connectivity index (χ1v) is 6.84. The van der Waals surface area contributed by atoms with Crippen molar-refractivity contribution in [1.29, 1.82) is 0 Å². The molecule has 0 aromatic carbocycles. The Morgan fingerprint density at radius 3 is 2.53 bits per heavy atom. The highest BCUT2D eigenvalue weighted by atomic mass is 16.3. The third kappa shape index (κ3) is 5.39.